The summed E-state index contributed by atoms with van der Waals surface area (Å²) in [7, 11) is 4.54. The number of thioether (sulfide) groups is 2. The molecule has 0 atom stereocenters. The van der Waals surface area contributed by atoms with Gasteiger partial charge in [-0.1, -0.05) is 24.3 Å². The van der Waals surface area contributed by atoms with E-state index in [1.165, 1.54) is 25.3 Å². The smallest absolute Gasteiger partial charge is 0.355 e. The highest BCUT2D eigenvalue weighted by Crippen LogP contribution is 2.33. The molecule has 0 aliphatic carbocycles. The SMILES string of the molecule is COC(=O)c1c2c(C(=O)OC)n(C)c1CSCc1cccc(c1)CSC2. The van der Waals surface area contributed by atoms with Gasteiger partial charge in [0.05, 0.1) is 19.8 Å². The van der Waals surface area contributed by atoms with Crippen LogP contribution in [0.1, 0.15) is 43.2 Å². The second-order valence-electron chi connectivity index (χ2n) is 6.00. The van der Waals surface area contributed by atoms with Crippen molar-refractivity contribution >= 4 is 35.5 Å². The predicted octanol–water partition coefficient (Wildman–Crippen LogP) is 3.78. The summed E-state index contributed by atoms with van der Waals surface area (Å²) in [5.41, 5.74) is 4.93. The van der Waals surface area contributed by atoms with Gasteiger partial charge in [-0.25, -0.2) is 9.59 Å². The highest BCUT2D eigenvalue weighted by atomic mass is 32.2. The molecule has 1 aromatic carbocycles. The van der Waals surface area contributed by atoms with Crippen LogP contribution < -0.4 is 0 Å². The zero-order valence-electron chi connectivity index (χ0n) is 15.0. The van der Waals surface area contributed by atoms with E-state index >= 15 is 0 Å². The van der Waals surface area contributed by atoms with Crippen LogP contribution in [0.15, 0.2) is 24.3 Å². The van der Waals surface area contributed by atoms with E-state index in [0.29, 0.717) is 28.3 Å². The molecule has 3 rings (SSSR count). The number of carbonyl (C=O) groups excluding carboxylic acids is 2. The van der Waals surface area contributed by atoms with Crippen molar-refractivity contribution in [2.75, 3.05) is 14.2 Å². The Morgan fingerprint density at radius 1 is 0.962 bits per heavy atom. The lowest BCUT2D eigenvalue weighted by molar-refractivity contribution is 0.0587. The molecule has 1 aromatic heterocycles. The Balaban J connectivity index is 2.10. The maximum atomic E-state index is 12.5. The third-order valence-electron chi connectivity index (χ3n) is 4.40. The summed E-state index contributed by atoms with van der Waals surface area (Å²) in [6.45, 7) is 0. The van der Waals surface area contributed by atoms with Gasteiger partial charge < -0.3 is 14.0 Å². The lowest BCUT2D eigenvalue weighted by atomic mass is 10.1. The highest BCUT2D eigenvalue weighted by molar-refractivity contribution is 7.98. The van der Waals surface area contributed by atoms with Crippen molar-refractivity contribution < 1.29 is 19.1 Å². The quantitative estimate of drug-likeness (QED) is 0.726. The monoisotopic (exact) mass is 391 g/mol. The molecule has 2 heterocycles. The maximum absolute atomic E-state index is 12.5. The summed E-state index contributed by atoms with van der Waals surface area (Å²) in [6.07, 6.45) is 0. The topological polar surface area (TPSA) is 57.5 Å². The molecule has 0 saturated carbocycles. The van der Waals surface area contributed by atoms with E-state index in [9.17, 15) is 9.59 Å². The lowest BCUT2D eigenvalue weighted by Crippen LogP contribution is -2.11. The van der Waals surface area contributed by atoms with Crippen molar-refractivity contribution in [1.82, 2.24) is 4.57 Å². The van der Waals surface area contributed by atoms with E-state index in [0.717, 1.165) is 17.2 Å². The molecule has 0 spiro atoms. The van der Waals surface area contributed by atoms with Gasteiger partial charge in [-0.3, -0.25) is 0 Å². The minimum Gasteiger partial charge on any atom is -0.465 e. The van der Waals surface area contributed by atoms with Gasteiger partial charge >= 0.3 is 11.9 Å². The molecule has 1 aliphatic heterocycles. The fourth-order valence-electron chi connectivity index (χ4n) is 3.15. The summed E-state index contributed by atoms with van der Waals surface area (Å²) in [4.78, 5) is 24.9. The first kappa shape index (κ1) is 18.9. The second kappa shape index (κ2) is 8.22. The normalized spacial score (nSPS) is 14.1. The Hall–Kier alpha value is -1.86. The van der Waals surface area contributed by atoms with Gasteiger partial charge in [-0.15, -0.1) is 0 Å². The van der Waals surface area contributed by atoms with Gasteiger partial charge in [-0.05, 0) is 11.1 Å². The van der Waals surface area contributed by atoms with E-state index in [2.05, 4.69) is 24.3 Å². The molecule has 0 amide bonds. The molecule has 0 N–H and O–H groups in total. The number of methoxy groups -OCH3 is 2. The van der Waals surface area contributed by atoms with Crippen LogP contribution in [-0.2, 0) is 39.5 Å². The van der Waals surface area contributed by atoms with Gasteiger partial charge in [-0.2, -0.15) is 23.5 Å². The fraction of sp³-hybridized carbons (Fsp3) is 0.368. The van der Waals surface area contributed by atoms with Gasteiger partial charge in [0.1, 0.15) is 5.69 Å². The van der Waals surface area contributed by atoms with Crippen molar-refractivity contribution in [3.63, 3.8) is 0 Å². The summed E-state index contributed by atoms with van der Waals surface area (Å²) in [6, 6.07) is 8.52. The van der Waals surface area contributed by atoms with Crippen LogP contribution in [0.25, 0.3) is 0 Å². The number of esters is 2. The molecular formula is C19H21NO4S2. The summed E-state index contributed by atoms with van der Waals surface area (Å²) < 4.78 is 11.8. The summed E-state index contributed by atoms with van der Waals surface area (Å²) >= 11 is 3.39. The minimum atomic E-state index is -0.431. The van der Waals surface area contributed by atoms with Crippen LogP contribution in [-0.4, -0.2) is 30.7 Å². The third-order valence-corrected chi connectivity index (χ3v) is 6.44. The molecule has 2 aromatic rings. The average molecular weight is 392 g/mol. The Morgan fingerprint density at radius 2 is 1.58 bits per heavy atom. The number of fused-ring (bicyclic) bond motifs is 4. The molecule has 5 nitrogen and oxygen atoms in total. The Kier molecular flexibility index (Phi) is 5.98. The standard InChI is InChI=1S/C19H21NO4S2/c1-20-15-11-26-9-13-6-4-5-12(7-13)8-25-10-14(16(15)18(21)23-2)17(20)19(22)24-3/h4-7H,8-11H2,1-3H3. The molecule has 0 fully saturated rings. The van der Waals surface area contributed by atoms with Crippen LogP contribution >= 0.6 is 23.5 Å². The van der Waals surface area contributed by atoms with E-state index in [-0.39, 0.29) is 0 Å². The van der Waals surface area contributed by atoms with Gasteiger partial charge in [0, 0.05) is 41.3 Å². The Bertz CT molecular complexity index is 844. The zero-order chi connectivity index (χ0) is 18.7. The lowest BCUT2D eigenvalue weighted by Gasteiger charge is -2.10. The number of hydrogen-bond acceptors (Lipinski definition) is 6. The molecule has 1 aliphatic rings. The van der Waals surface area contributed by atoms with Crippen LogP contribution in [0.2, 0.25) is 0 Å². The summed E-state index contributed by atoms with van der Waals surface area (Å²) in [5.74, 6) is 1.96. The first-order valence-electron chi connectivity index (χ1n) is 8.17. The molecule has 26 heavy (non-hydrogen) atoms. The van der Waals surface area contributed by atoms with E-state index in [1.807, 2.05) is 7.05 Å². The van der Waals surface area contributed by atoms with Crippen LogP contribution in [0, 0.1) is 0 Å². The molecular weight excluding hydrogens is 370 g/mol. The highest BCUT2D eigenvalue weighted by Gasteiger charge is 2.30. The number of benzene rings is 1. The third kappa shape index (κ3) is 3.64. The van der Waals surface area contributed by atoms with Crippen molar-refractivity contribution in [2.24, 2.45) is 7.05 Å². The first-order valence-corrected chi connectivity index (χ1v) is 10.5. The first-order chi connectivity index (χ1) is 12.6. The number of hydrogen-bond donors (Lipinski definition) is 0. The van der Waals surface area contributed by atoms with Gasteiger partial charge in [0.25, 0.3) is 0 Å². The molecule has 138 valence electrons. The fourth-order valence-corrected chi connectivity index (χ4v) is 5.20. The van der Waals surface area contributed by atoms with E-state index in [4.69, 9.17) is 9.47 Å². The number of ether oxygens (including phenoxy) is 2. The van der Waals surface area contributed by atoms with Crippen molar-refractivity contribution in [2.45, 2.75) is 23.0 Å². The predicted molar refractivity (Wildman–Crippen MR) is 105 cm³/mol. The molecule has 4 bridgehead atoms. The Labute approximate surface area is 161 Å². The van der Waals surface area contributed by atoms with Crippen LogP contribution in [0.4, 0.5) is 0 Å². The van der Waals surface area contributed by atoms with E-state index in [1.54, 1.807) is 28.1 Å². The van der Waals surface area contributed by atoms with Crippen molar-refractivity contribution in [1.29, 1.82) is 0 Å². The van der Waals surface area contributed by atoms with Gasteiger partial charge in [0.2, 0.25) is 0 Å². The number of rotatable bonds is 2. The van der Waals surface area contributed by atoms with Crippen molar-refractivity contribution in [3.8, 4) is 0 Å². The Morgan fingerprint density at radius 3 is 2.19 bits per heavy atom. The zero-order valence-corrected chi connectivity index (χ0v) is 16.7. The molecule has 0 radical (unpaired) electrons. The molecule has 7 heteroatoms. The second-order valence-corrected chi connectivity index (χ2v) is 7.97. The molecule has 0 saturated heterocycles. The summed E-state index contributed by atoms with van der Waals surface area (Å²) in [5, 5.41) is 0. The minimum absolute atomic E-state index is 0.405. The van der Waals surface area contributed by atoms with Gasteiger partial charge in [0.15, 0.2) is 0 Å². The largest absolute Gasteiger partial charge is 0.465 e. The number of carbonyl (C=O) groups is 2. The van der Waals surface area contributed by atoms with E-state index < -0.39 is 11.9 Å². The van der Waals surface area contributed by atoms with Crippen molar-refractivity contribution in [3.05, 3.63) is 57.9 Å². The number of aromatic nitrogens is 1. The number of nitrogens with zero attached hydrogens (tertiary/aromatic N) is 1. The van der Waals surface area contributed by atoms with Crippen LogP contribution in [0.3, 0.4) is 0 Å². The molecule has 0 unspecified atom stereocenters. The maximum Gasteiger partial charge on any atom is 0.355 e. The average Bonchev–Trinajstić information content (AvgIpc) is 2.92. The van der Waals surface area contributed by atoms with Crippen LogP contribution in [0.5, 0.6) is 0 Å².